The summed E-state index contributed by atoms with van der Waals surface area (Å²) in [6, 6.07) is 6.68. The number of nitrogens with two attached hydrogens (primary N) is 2. The molecule has 0 bridgehead atoms. The van der Waals surface area contributed by atoms with Crippen molar-refractivity contribution in [2.75, 3.05) is 108 Å². The van der Waals surface area contributed by atoms with Crippen molar-refractivity contribution in [3.05, 3.63) is 24.3 Å². The van der Waals surface area contributed by atoms with E-state index in [1.807, 2.05) is 0 Å². The Hall–Kier alpha value is -4.38. The molecule has 0 saturated carbocycles. The molecule has 0 radical (unpaired) electrons. The zero-order valence-corrected chi connectivity index (χ0v) is 28.2. The average molecular weight is 749 g/mol. The third-order valence-corrected chi connectivity index (χ3v) is 8.23. The molecular weight excluding hydrogens is 708 g/mol. The van der Waals surface area contributed by atoms with Crippen LogP contribution in [0.2, 0.25) is 0 Å². The highest BCUT2D eigenvalue weighted by molar-refractivity contribution is 7.86. The third kappa shape index (κ3) is 13.2. The van der Waals surface area contributed by atoms with Crippen molar-refractivity contribution in [1.82, 2.24) is 29.9 Å². The number of nitrogens with one attached hydrogen (secondary N) is 4. The Morgan fingerprint density at radius 3 is 1.30 bits per heavy atom. The first-order valence-corrected chi connectivity index (χ1v) is 17.9. The van der Waals surface area contributed by atoms with Crippen molar-refractivity contribution < 1.29 is 45.8 Å². The van der Waals surface area contributed by atoms with Gasteiger partial charge in [-0.3, -0.25) is 0 Å². The number of anilines is 8. The molecule has 0 amide bonds. The molecule has 0 atom stereocenters. The Balaban J connectivity index is 1.91. The Bertz CT molecular complexity index is 1590. The molecule has 0 aliphatic carbocycles. The summed E-state index contributed by atoms with van der Waals surface area (Å²) in [6.07, 6.45) is 0. The quantitative estimate of drug-likeness (QED) is 0.0395. The maximum absolute atomic E-state index is 11.6. The standard InChI is InChI=1S/C24H40N14O10S2/c25-47-49(43,44)14-4-27-19-31-21(35-23(33-19)37(6-10-39)7-11-40)29-17-2-1-3-18(16-17)30-22-32-20(28-5-15-50(45,46)48-26)34-24(36-22)38(8-12-41)9-13-42/h1-3,16,39-42H,4-15,25-26H2,(H2,27,29,31,33,35)(H2,28,30,32,34,36). The fourth-order valence-electron chi connectivity index (χ4n) is 3.99. The summed E-state index contributed by atoms with van der Waals surface area (Å²) < 4.78 is 54.5. The minimum absolute atomic E-state index is 0.0162. The van der Waals surface area contributed by atoms with Crippen molar-refractivity contribution in [1.29, 1.82) is 0 Å². The summed E-state index contributed by atoms with van der Waals surface area (Å²) in [6.45, 7) is -1.12. The summed E-state index contributed by atoms with van der Waals surface area (Å²) in [7, 11) is -7.97. The smallest absolute Gasteiger partial charge is 0.284 e. The highest BCUT2D eigenvalue weighted by Gasteiger charge is 2.17. The van der Waals surface area contributed by atoms with Gasteiger partial charge in [0.25, 0.3) is 20.2 Å². The topological polar surface area (TPSA) is 352 Å². The predicted octanol–water partition coefficient (Wildman–Crippen LogP) is -3.61. The van der Waals surface area contributed by atoms with E-state index in [0.717, 1.165) is 0 Å². The van der Waals surface area contributed by atoms with Gasteiger partial charge in [0.05, 0.1) is 37.9 Å². The third-order valence-electron chi connectivity index (χ3n) is 6.23. The van der Waals surface area contributed by atoms with E-state index in [1.165, 1.54) is 9.80 Å². The van der Waals surface area contributed by atoms with Gasteiger partial charge in [0.1, 0.15) is 0 Å². The molecule has 0 saturated heterocycles. The van der Waals surface area contributed by atoms with E-state index < -0.39 is 31.7 Å². The van der Waals surface area contributed by atoms with Crippen molar-refractivity contribution in [2.45, 2.75) is 0 Å². The number of aliphatic hydroxyl groups excluding tert-OH is 4. The molecule has 12 N–H and O–H groups in total. The monoisotopic (exact) mass is 748 g/mol. The summed E-state index contributed by atoms with van der Waals surface area (Å²) in [5.41, 5.74) is 0.907. The van der Waals surface area contributed by atoms with Crippen LogP contribution < -0.4 is 42.9 Å². The van der Waals surface area contributed by atoms with Crippen molar-refractivity contribution in [3.63, 3.8) is 0 Å². The molecule has 3 aromatic rings. The molecule has 24 nitrogen and oxygen atoms in total. The van der Waals surface area contributed by atoms with Crippen LogP contribution in [-0.4, -0.2) is 144 Å². The van der Waals surface area contributed by atoms with E-state index >= 15 is 0 Å². The summed E-state index contributed by atoms with van der Waals surface area (Å²) >= 11 is 0. The Morgan fingerprint density at radius 2 is 0.960 bits per heavy atom. The van der Waals surface area contributed by atoms with Crippen molar-refractivity contribution in [3.8, 4) is 0 Å². The second-order valence-electron chi connectivity index (χ2n) is 9.83. The van der Waals surface area contributed by atoms with E-state index in [-0.39, 0.29) is 101 Å². The first-order chi connectivity index (χ1) is 23.9. The number of nitrogens with zero attached hydrogens (tertiary/aromatic N) is 8. The van der Waals surface area contributed by atoms with Gasteiger partial charge >= 0.3 is 0 Å². The lowest BCUT2D eigenvalue weighted by molar-refractivity contribution is 0.279. The van der Waals surface area contributed by atoms with E-state index in [1.54, 1.807) is 24.3 Å². The van der Waals surface area contributed by atoms with Crippen LogP contribution in [0.5, 0.6) is 0 Å². The Morgan fingerprint density at radius 1 is 0.600 bits per heavy atom. The molecular formula is C24H40N14O10S2. The van der Waals surface area contributed by atoms with Crippen LogP contribution >= 0.6 is 0 Å². The molecule has 1 aromatic carbocycles. The molecule has 0 spiro atoms. The van der Waals surface area contributed by atoms with Gasteiger partial charge in [-0.25, -0.2) is 0 Å². The number of benzene rings is 1. The van der Waals surface area contributed by atoms with Crippen LogP contribution in [0.3, 0.4) is 0 Å². The first kappa shape index (κ1) is 40.1. The van der Waals surface area contributed by atoms with Crippen LogP contribution in [0.15, 0.2) is 24.3 Å². The fraction of sp³-hybridized carbons (Fsp3) is 0.500. The predicted molar refractivity (Wildman–Crippen MR) is 181 cm³/mol. The largest absolute Gasteiger partial charge is 0.395 e. The molecule has 2 heterocycles. The molecule has 0 unspecified atom stereocenters. The highest BCUT2D eigenvalue weighted by atomic mass is 32.2. The second kappa shape index (κ2) is 19.7. The minimum atomic E-state index is -3.98. The van der Waals surface area contributed by atoms with Crippen LogP contribution in [0, 0.1) is 0 Å². The van der Waals surface area contributed by atoms with Crippen LogP contribution in [0.4, 0.5) is 47.1 Å². The van der Waals surface area contributed by atoms with E-state index in [2.05, 4.69) is 59.7 Å². The summed E-state index contributed by atoms with van der Waals surface area (Å²) in [4.78, 5) is 28.9. The molecule has 26 heteroatoms. The van der Waals surface area contributed by atoms with Gasteiger partial charge in [0.2, 0.25) is 35.7 Å². The summed E-state index contributed by atoms with van der Waals surface area (Å²) in [5.74, 6) is 8.70. The highest BCUT2D eigenvalue weighted by Crippen LogP contribution is 2.23. The number of aliphatic hydroxyl groups is 4. The lowest BCUT2D eigenvalue weighted by atomic mass is 10.3. The van der Waals surface area contributed by atoms with Crippen LogP contribution in [0.1, 0.15) is 0 Å². The van der Waals surface area contributed by atoms with Gasteiger partial charge in [-0.1, -0.05) is 6.07 Å². The SMILES string of the molecule is NOS(=O)(=O)CCNc1nc(Nc2cccc(Nc3nc(NCCS(=O)(=O)ON)nc(N(CCO)CCO)n3)c2)nc(N(CCO)CCO)n1. The molecule has 3 rings (SSSR count). The maximum Gasteiger partial charge on any atom is 0.284 e. The molecule has 50 heavy (non-hydrogen) atoms. The zero-order valence-electron chi connectivity index (χ0n) is 26.6. The van der Waals surface area contributed by atoms with Crippen molar-refractivity contribution in [2.24, 2.45) is 11.8 Å². The van der Waals surface area contributed by atoms with E-state index in [4.69, 9.17) is 11.8 Å². The number of aromatic nitrogens is 6. The number of rotatable bonds is 24. The lowest BCUT2D eigenvalue weighted by Crippen LogP contribution is -2.32. The fourth-order valence-corrected chi connectivity index (χ4v) is 4.89. The Kier molecular flexibility index (Phi) is 15.8. The number of hydrogen-bond donors (Lipinski definition) is 10. The van der Waals surface area contributed by atoms with Crippen LogP contribution in [0.25, 0.3) is 0 Å². The molecule has 0 aliphatic rings. The van der Waals surface area contributed by atoms with Crippen LogP contribution in [-0.2, 0) is 28.8 Å². The van der Waals surface area contributed by atoms with Gasteiger partial charge in [0.15, 0.2) is 0 Å². The van der Waals surface area contributed by atoms with Gasteiger partial charge in [-0.2, -0.15) is 67.1 Å². The van der Waals surface area contributed by atoms with Gasteiger partial charge < -0.3 is 51.5 Å². The number of hydrogen-bond acceptors (Lipinski definition) is 24. The summed E-state index contributed by atoms with van der Waals surface area (Å²) in [5, 5.41) is 49.6. The molecule has 0 aliphatic heterocycles. The zero-order chi connectivity index (χ0) is 36.6. The van der Waals surface area contributed by atoms with Gasteiger partial charge in [-0.05, 0) is 18.2 Å². The van der Waals surface area contributed by atoms with Gasteiger partial charge in [0, 0.05) is 50.6 Å². The lowest BCUT2D eigenvalue weighted by Gasteiger charge is -2.22. The van der Waals surface area contributed by atoms with E-state index in [0.29, 0.717) is 11.4 Å². The van der Waals surface area contributed by atoms with Gasteiger partial charge in [-0.15, -0.1) is 0 Å². The molecule has 2 aromatic heterocycles. The molecule has 0 fully saturated rings. The second-order valence-corrected chi connectivity index (χ2v) is 13.3. The Labute approximate surface area is 287 Å². The average Bonchev–Trinajstić information content (AvgIpc) is 3.08. The minimum Gasteiger partial charge on any atom is -0.395 e. The normalized spacial score (nSPS) is 11.6. The van der Waals surface area contributed by atoms with Crippen molar-refractivity contribution >= 4 is 67.3 Å². The maximum atomic E-state index is 11.6. The first-order valence-electron chi connectivity index (χ1n) is 14.7. The molecule has 278 valence electrons. The van der Waals surface area contributed by atoms with E-state index in [9.17, 15) is 37.3 Å².